The number of carbonyl (C=O) groups excluding carboxylic acids is 1. The third-order valence-corrected chi connectivity index (χ3v) is 9.09. The number of amides is 1. The van der Waals surface area contributed by atoms with Crippen molar-refractivity contribution < 1.29 is 26.7 Å². The number of nitrogens with zero attached hydrogens (tertiary/aromatic N) is 1. The molecule has 1 fully saturated rings. The molecule has 1 aliphatic heterocycles. The maximum absolute atomic E-state index is 13.1. The first-order chi connectivity index (χ1) is 15.1. The Morgan fingerprint density at radius 3 is 1.94 bits per heavy atom. The summed E-state index contributed by atoms with van der Waals surface area (Å²) in [6.07, 6.45) is 0.729. The highest BCUT2D eigenvalue weighted by molar-refractivity contribution is 7.93. The lowest BCUT2D eigenvalue weighted by Crippen LogP contribution is -2.52. The molecule has 1 amide bonds. The lowest BCUT2D eigenvalue weighted by molar-refractivity contribution is -0.137. The van der Waals surface area contributed by atoms with Crippen LogP contribution in [0, 0.1) is 0 Å². The Morgan fingerprint density at radius 2 is 1.45 bits per heavy atom. The first-order valence-corrected chi connectivity index (χ1v) is 13.9. The summed E-state index contributed by atoms with van der Waals surface area (Å²) in [5, 5.41) is 13.6. The Hall–Kier alpha value is -2.27. The molecule has 1 heterocycles. The highest BCUT2D eigenvalue weighted by Gasteiger charge is 2.43. The van der Waals surface area contributed by atoms with Crippen LogP contribution in [0.3, 0.4) is 0 Å². The number of carbonyl (C=O) groups is 1. The van der Waals surface area contributed by atoms with E-state index < -0.39 is 31.4 Å². The van der Waals surface area contributed by atoms with Crippen molar-refractivity contribution in [3.63, 3.8) is 0 Å². The molecule has 1 saturated heterocycles. The van der Waals surface area contributed by atoms with Crippen molar-refractivity contribution >= 4 is 31.5 Å². The molecule has 10 heteroatoms. The normalized spacial score (nSPS) is 17.5. The number of hydrogen-bond donors (Lipinski definition) is 2. The molecule has 0 unspecified atom stereocenters. The Balaban J connectivity index is 1.73. The van der Waals surface area contributed by atoms with Crippen molar-refractivity contribution in [1.29, 1.82) is 0 Å². The number of piperidine rings is 1. The molecule has 180 valence electrons. The van der Waals surface area contributed by atoms with Gasteiger partial charge >= 0.3 is 0 Å². The van der Waals surface area contributed by atoms with Gasteiger partial charge in [-0.15, -0.1) is 0 Å². The zero-order valence-corrected chi connectivity index (χ0v) is 20.8. The minimum atomic E-state index is -4.12. The Labute approximate surface area is 195 Å². The van der Waals surface area contributed by atoms with E-state index in [9.17, 15) is 26.7 Å². The number of rotatable bonds is 5. The summed E-state index contributed by atoms with van der Waals surface area (Å²) in [4.78, 5) is 12.2. The van der Waals surface area contributed by atoms with Crippen LogP contribution in [0.2, 0.25) is 0 Å². The number of sulfonamides is 1. The molecule has 0 spiro atoms. The molecule has 8 nitrogen and oxygen atoms in total. The third-order valence-electron chi connectivity index (χ3n) is 5.85. The maximum Gasteiger partial charge on any atom is 0.256 e. The fraction of sp³-hybridized carbons (Fsp3) is 0.435. The number of hydrogen-bond acceptors (Lipinski definition) is 6. The molecule has 0 saturated carbocycles. The highest BCUT2D eigenvalue weighted by atomic mass is 32.2. The Morgan fingerprint density at radius 1 is 0.939 bits per heavy atom. The Bertz CT molecular complexity index is 1240. The van der Waals surface area contributed by atoms with Gasteiger partial charge in [0, 0.05) is 25.0 Å². The molecule has 0 radical (unpaired) electrons. The summed E-state index contributed by atoms with van der Waals surface area (Å²) < 4.78 is 51.4. The number of anilines is 1. The summed E-state index contributed by atoms with van der Waals surface area (Å²) in [5.41, 5.74) is -0.120. The van der Waals surface area contributed by atoms with E-state index in [1.54, 1.807) is 12.1 Å². The van der Waals surface area contributed by atoms with Crippen LogP contribution in [0.1, 0.15) is 39.2 Å². The summed E-state index contributed by atoms with van der Waals surface area (Å²) in [5.74, 6) is -0.598. The first-order valence-electron chi connectivity index (χ1n) is 10.6. The largest absolute Gasteiger partial charge is 0.380 e. The summed E-state index contributed by atoms with van der Waals surface area (Å²) in [6.45, 7) is 6.01. The average Bonchev–Trinajstić information content (AvgIpc) is 2.73. The molecule has 33 heavy (non-hydrogen) atoms. The second-order valence-electron chi connectivity index (χ2n) is 9.44. The lowest BCUT2D eigenvalue weighted by Gasteiger charge is -2.36. The molecule has 0 aromatic heterocycles. The standard InChI is InChI=1S/C23H30N2O6S2/c1-22(2,3)17-9-11-18(12-10-17)24-21(26)23(27)13-15-25(16-14-23)33(30,31)20-8-6-5-7-19(20)32(4,28)29/h5-12,27H,13-16H2,1-4H3,(H,24,26). The summed E-state index contributed by atoms with van der Waals surface area (Å²) in [7, 11) is -7.88. The molecular weight excluding hydrogens is 464 g/mol. The molecule has 2 aromatic carbocycles. The molecule has 3 rings (SSSR count). The van der Waals surface area contributed by atoms with Crippen LogP contribution < -0.4 is 5.32 Å². The molecular formula is C23H30N2O6S2. The van der Waals surface area contributed by atoms with Crippen molar-refractivity contribution in [2.24, 2.45) is 0 Å². The highest BCUT2D eigenvalue weighted by Crippen LogP contribution is 2.31. The number of aliphatic hydroxyl groups is 1. The number of nitrogens with one attached hydrogen (secondary N) is 1. The van der Waals surface area contributed by atoms with Gasteiger partial charge in [0.15, 0.2) is 9.84 Å². The fourth-order valence-corrected chi connectivity index (χ4v) is 6.78. The topological polar surface area (TPSA) is 121 Å². The van der Waals surface area contributed by atoms with E-state index in [0.717, 1.165) is 16.1 Å². The van der Waals surface area contributed by atoms with Crippen LogP contribution >= 0.6 is 0 Å². The fourth-order valence-electron chi connectivity index (χ4n) is 3.73. The van der Waals surface area contributed by atoms with E-state index in [2.05, 4.69) is 26.1 Å². The Kier molecular flexibility index (Phi) is 6.78. The summed E-state index contributed by atoms with van der Waals surface area (Å²) >= 11 is 0. The molecule has 1 aliphatic rings. The van der Waals surface area contributed by atoms with Gasteiger partial charge in [0.05, 0.1) is 4.90 Å². The van der Waals surface area contributed by atoms with E-state index in [-0.39, 0.29) is 41.1 Å². The van der Waals surface area contributed by atoms with Crippen molar-refractivity contribution in [1.82, 2.24) is 4.31 Å². The van der Waals surface area contributed by atoms with Gasteiger partial charge in [-0.3, -0.25) is 4.79 Å². The quantitative estimate of drug-likeness (QED) is 0.659. The van der Waals surface area contributed by atoms with Crippen molar-refractivity contribution in [2.45, 2.75) is 54.4 Å². The van der Waals surface area contributed by atoms with Gasteiger partial charge in [-0.1, -0.05) is 45.0 Å². The first kappa shape index (κ1) is 25.4. The van der Waals surface area contributed by atoms with Gasteiger partial charge in [0.1, 0.15) is 10.5 Å². The van der Waals surface area contributed by atoms with Crippen molar-refractivity contribution in [3.8, 4) is 0 Å². The SMILES string of the molecule is CC(C)(C)c1ccc(NC(=O)C2(O)CCN(S(=O)(=O)c3ccccc3S(C)(=O)=O)CC2)cc1. The van der Waals surface area contributed by atoms with Gasteiger partial charge in [-0.25, -0.2) is 16.8 Å². The van der Waals surface area contributed by atoms with E-state index in [1.807, 2.05) is 12.1 Å². The zero-order valence-electron chi connectivity index (χ0n) is 19.2. The van der Waals surface area contributed by atoms with Gasteiger partial charge in [-0.2, -0.15) is 4.31 Å². The van der Waals surface area contributed by atoms with Gasteiger partial charge < -0.3 is 10.4 Å². The van der Waals surface area contributed by atoms with Crippen LogP contribution in [-0.2, 0) is 30.1 Å². The predicted octanol–water partition coefficient (Wildman–Crippen LogP) is 2.54. The van der Waals surface area contributed by atoms with Crippen molar-refractivity contribution in [3.05, 3.63) is 54.1 Å². The van der Waals surface area contributed by atoms with Gasteiger partial charge in [0.2, 0.25) is 10.0 Å². The van der Waals surface area contributed by atoms with E-state index in [4.69, 9.17) is 0 Å². The molecule has 2 N–H and O–H groups in total. The van der Waals surface area contributed by atoms with E-state index in [0.29, 0.717) is 5.69 Å². The second kappa shape index (κ2) is 8.83. The van der Waals surface area contributed by atoms with E-state index in [1.165, 1.54) is 24.3 Å². The van der Waals surface area contributed by atoms with Crippen LogP contribution in [0.25, 0.3) is 0 Å². The molecule has 0 atom stereocenters. The monoisotopic (exact) mass is 494 g/mol. The van der Waals surface area contributed by atoms with Crippen LogP contribution in [0.5, 0.6) is 0 Å². The number of benzene rings is 2. The zero-order chi connectivity index (χ0) is 24.7. The second-order valence-corrected chi connectivity index (χ2v) is 13.3. The van der Waals surface area contributed by atoms with Gasteiger partial charge in [-0.05, 0) is 48.1 Å². The molecule has 0 aliphatic carbocycles. The predicted molar refractivity (Wildman–Crippen MR) is 126 cm³/mol. The minimum absolute atomic E-state index is 0.0329. The smallest absolute Gasteiger partial charge is 0.256 e. The third kappa shape index (κ3) is 5.46. The minimum Gasteiger partial charge on any atom is -0.380 e. The maximum atomic E-state index is 13.1. The van der Waals surface area contributed by atoms with E-state index >= 15 is 0 Å². The molecule has 2 aromatic rings. The van der Waals surface area contributed by atoms with Gasteiger partial charge in [0.25, 0.3) is 5.91 Å². The van der Waals surface area contributed by atoms with Crippen LogP contribution in [-0.4, -0.2) is 57.1 Å². The van der Waals surface area contributed by atoms with Crippen LogP contribution in [0.4, 0.5) is 5.69 Å². The van der Waals surface area contributed by atoms with Crippen molar-refractivity contribution in [2.75, 3.05) is 24.7 Å². The summed E-state index contributed by atoms with van der Waals surface area (Å²) in [6, 6.07) is 12.8. The molecule has 0 bridgehead atoms. The number of sulfone groups is 1. The average molecular weight is 495 g/mol. The lowest BCUT2D eigenvalue weighted by atomic mass is 9.87. The van der Waals surface area contributed by atoms with Crippen LogP contribution in [0.15, 0.2) is 58.3 Å².